The molecule has 5 heterocycles. The van der Waals surface area contributed by atoms with Crippen molar-refractivity contribution in [3.8, 4) is 17.1 Å². The average molecular weight is 693 g/mol. The molecule has 1 aromatic carbocycles. The predicted octanol–water partition coefficient (Wildman–Crippen LogP) is 1.80. The van der Waals surface area contributed by atoms with Gasteiger partial charge in [-0.05, 0) is 32.2 Å². The SMILES string of the molecule is CC1COc2c(N3CCN(C)CC3)c(F)cc3c(=O)c(C(=O)NCCOCCOCCNC(=O)CCc4nc(-c5ccncc5)no4)cn1c23. The van der Waals surface area contributed by atoms with E-state index in [2.05, 4.69) is 30.7 Å². The Morgan fingerprint density at radius 2 is 1.76 bits per heavy atom. The molecule has 2 aliphatic rings. The Hall–Kier alpha value is -4.93. The minimum atomic E-state index is -0.562. The van der Waals surface area contributed by atoms with Gasteiger partial charge in [-0.15, -0.1) is 0 Å². The van der Waals surface area contributed by atoms with Crippen molar-refractivity contribution in [1.82, 2.24) is 35.2 Å². The first-order valence-corrected chi connectivity index (χ1v) is 16.7. The van der Waals surface area contributed by atoms with E-state index < -0.39 is 17.2 Å². The third-order valence-electron chi connectivity index (χ3n) is 8.65. The minimum absolute atomic E-state index is 0.0684. The molecule has 1 unspecified atom stereocenters. The summed E-state index contributed by atoms with van der Waals surface area (Å²) in [6, 6.07) is 4.61. The monoisotopic (exact) mass is 692 g/mol. The number of amides is 2. The second-order valence-electron chi connectivity index (χ2n) is 12.2. The molecule has 0 saturated carbocycles. The van der Waals surface area contributed by atoms with Gasteiger partial charge in [0.1, 0.15) is 17.9 Å². The molecule has 0 radical (unpaired) electrons. The van der Waals surface area contributed by atoms with Gasteiger partial charge in [0.15, 0.2) is 11.6 Å². The van der Waals surface area contributed by atoms with Crippen LogP contribution >= 0.6 is 0 Å². The summed E-state index contributed by atoms with van der Waals surface area (Å²) < 4.78 is 39.7. The Morgan fingerprint density at radius 3 is 2.50 bits per heavy atom. The van der Waals surface area contributed by atoms with E-state index in [9.17, 15) is 14.4 Å². The quantitative estimate of drug-likeness (QED) is 0.174. The van der Waals surface area contributed by atoms with Crippen LogP contribution in [-0.4, -0.2) is 116 Å². The smallest absolute Gasteiger partial charge is 0.256 e. The van der Waals surface area contributed by atoms with Crippen LogP contribution in [0.25, 0.3) is 22.3 Å². The summed E-state index contributed by atoms with van der Waals surface area (Å²) >= 11 is 0. The normalized spacial score (nSPS) is 16.0. The number of nitrogens with one attached hydrogen (secondary N) is 2. The first-order valence-electron chi connectivity index (χ1n) is 16.7. The summed E-state index contributed by atoms with van der Waals surface area (Å²) in [7, 11) is 2.02. The van der Waals surface area contributed by atoms with Crippen molar-refractivity contribution in [2.45, 2.75) is 25.8 Å². The molecule has 1 atom stereocenters. The maximum Gasteiger partial charge on any atom is 0.256 e. The lowest BCUT2D eigenvalue weighted by Crippen LogP contribution is -2.45. The van der Waals surface area contributed by atoms with Crippen molar-refractivity contribution in [3.63, 3.8) is 0 Å². The zero-order chi connectivity index (χ0) is 35.0. The highest BCUT2D eigenvalue weighted by molar-refractivity contribution is 6.00. The Morgan fingerprint density at radius 1 is 1.04 bits per heavy atom. The lowest BCUT2D eigenvalue weighted by Gasteiger charge is -2.37. The molecule has 16 heteroatoms. The Bertz CT molecular complexity index is 1860. The molecule has 4 aromatic rings. The van der Waals surface area contributed by atoms with E-state index in [4.69, 9.17) is 18.7 Å². The van der Waals surface area contributed by atoms with E-state index in [0.717, 1.165) is 18.7 Å². The molecule has 6 rings (SSSR count). The fraction of sp³-hybridized carbons (Fsp3) is 0.471. The van der Waals surface area contributed by atoms with Gasteiger partial charge >= 0.3 is 0 Å². The highest BCUT2D eigenvalue weighted by atomic mass is 19.1. The number of pyridine rings is 2. The van der Waals surface area contributed by atoms with E-state index in [1.807, 2.05) is 23.4 Å². The number of carbonyl (C=O) groups excluding carboxylic acids is 2. The molecule has 0 spiro atoms. The topological polar surface area (TPSA) is 166 Å². The average Bonchev–Trinajstić information content (AvgIpc) is 3.60. The molecule has 0 bridgehead atoms. The number of hydrogen-bond acceptors (Lipinski definition) is 12. The van der Waals surface area contributed by atoms with Gasteiger partial charge in [0.25, 0.3) is 5.91 Å². The Balaban J connectivity index is 0.902. The number of nitrogens with zero attached hydrogens (tertiary/aromatic N) is 6. The number of ether oxygens (including phenoxy) is 3. The van der Waals surface area contributed by atoms with Crippen molar-refractivity contribution in [3.05, 3.63) is 64.3 Å². The van der Waals surface area contributed by atoms with Gasteiger partial charge in [0.05, 0.1) is 43.4 Å². The van der Waals surface area contributed by atoms with Crippen molar-refractivity contribution >= 4 is 28.4 Å². The van der Waals surface area contributed by atoms with Crippen molar-refractivity contribution in [2.75, 3.05) is 84.3 Å². The predicted molar refractivity (Wildman–Crippen MR) is 181 cm³/mol. The number of likely N-dealkylation sites (N-methyl/N-ethyl adjacent to an activating group) is 1. The van der Waals surface area contributed by atoms with Gasteiger partial charge in [-0.3, -0.25) is 19.4 Å². The molecule has 3 aromatic heterocycles. The zero-order valence-corrected chi connectivity index (χ0v) is 28.2. The van der Waals surface area contributed by atoms with Crippen LogP contribution in [0.4, 0.5) is 10.1 Å². The molecule has 15 nitrogen and oxygen atoms in total. The van der Waals surface area contributed by atoms with E-state index in [1.54, 1.807) is 30.7 Å². The second-order valence-corrected chi connectivity index (χ2v) is 12.2. The molecule has 0 aliphatic carbocycles. The van der Waals surface area contributed by atoms with Crippen LogP contribution < -0.4 is 25.7 Å². The maximum atomic E-state index is 15.6. The number of benzene rings is 1. The van der Waals surface area contributed by atoms with E-state index in [0.29, 0.717) is 67.9 Å². The van der Waals surface area contributed by atoms with Crippen molar-refractivity contribution in [2.24, 2.45) is 0 Å². The molecule has 1 saturated heterocycles. The van der Waals surface area contributed by atoms with Gasteiger partial charge in [-0.2, -0.15) is 4.98 Å². The molecule has 266 valence electrons. The van der Waals surface area contributed by atoms with E-state index in [-0.39, 0.29) is 55.7 Å². The zero-order valence-electron chi connectivity index (χ0n) is 28.2. The molecule has 2 N–H and O–H groups in total. The van der Waals surface area contributed by atoms with Crippen molar-refractivity contribution < 1.29 is 32.7 Å². The summed E-state index contributed by atoms with van der Waals surface area (Å²) in [6.07, 6.45) is 5.34. The lowest BCUT2D eigenvalue weighted by atomic mass is 10.0. The highest BCUT2D eigenvalue weighted by Crippen LogP contribution is 2.42. The summed E-state index contributed by atoms with van der Waals surface area (Å²) in [6.45, 7) is 6.64. The van der Waals surface area contributed by atoms with Crippen molar-refractivity contribution in [1.29, 1.82) is 0 Å². The van der Waals surface area contributed by atoms with Gasteiger partial charge in [0, 0.05) is 76.3 Å². The summed E-state index contributed by atoms with van der Waals surface area (Å²) in [5, 5.41) is 9.54. The van der Waals surface area contributed by atoms with Crippen LogP contribution in [0, 0.1) is 5.82 Å². The van der Waals surface area contributed by atoms with Crippen LogP contribution in [0.2, 0.25) is 0 Å². The molecule has 2 aliphatic heterocycles. The second kappa shape index (κ2) is 16.2. The number of aromatic nitrogens is 4. The first-order chi connectivity index (χ1) is 24.3. The number of hydrogen-bond donors (Lipinski definition) is 2. The van der Waals surface area contributed by atoms with Gasteiger partial charge in [-0.25, -0.2) is 4.39 Å². The highest BCUT2D eigenvalue weighted by Gasteiger charge is 2.31. The van der Waals surface area contributed by atoms with E-state index in [1.165, 1.54) is 6.07 Å². The number of rotatable bonds is 15. The summed E-state index contributed by atoms with van der Waals surface area (Å²) in [4.78, 5) is 51.1. The standard InChI is InChI=1S/C34H41FN8O7/c1-22-21-49-32-29-24(19-26(35)30(32)42-13-11-41(2)12-14-42)31(45)25(20-43(22)29)34(46)38-10-16-48-18-17-47-15-9-37-27(44)3-4-28-39-33(40-50-28)23-5-7-36-8-6-23/h5-8,19-20,22H,3-4,9-18,21H2,1-2H3,(H,37,44)(H,38,46). The Labute approximate surface area is 287 Å². The summed E-state index contributed by atoms with van der Waals surface area (Å²) in [5.41, 5.74) is 1.03. The summed E-state index contributed by atoms with van der Waals surface area (Å²) in [5.74, 6) is -0.0944. The number of anilines is 1. The third-order valence-corrected chi connectivity index (χ3v) is 8.65. The van der Waals surface area contributed by atoms with Crippen LogP contribution in [0.15, 0.2) is 46.1 Å². The third kappa shape index (κ3) is 8.09. The van der Waals surface area contributed by atoms with Gasteiger partial charge < -0.3 is 43.7 Å². The fourth-order valence-electron chi connectivity index (χ4n) is 5.90. The first kappa shape index (κ1) is 34.9. The van der Waals surface area contributed by atoms with Gasteiger partial charge in [-0.1, -0.05) is 5.16 Å². The van der Waals surface area contributed by atoms with Crippen LogP contribution in [0.5, 0.6) is 5.75 Å². The number of halogens is 1. The maximum absolute atomic E-state index is 15.6. The molecular formula is C34H41FN8O7. The largest absolute Gasteiger partial charge is 0.487 e. The molecular weight excluding hydrogens is 651 g/mol. The van der Waals surface area contributed by atoms with Crippen LogP contribution in [0.1, 0.15) is 35.6 Å². The number of piperazine rings is 1. The number of carbonyl (C=O) groups is 2. The lowest BCUT2D eigenvalue weighted by molar-refractivity contribution is -0.121. The molecule has 2 amide bonds. The molecule has 1 fully saturated rings. The minimum Gasteiger partial charge on any atom is -0.487 e. The number of aryl methyl sites for hydroxylation is 1. The Kier molecular flexibility index (Phi) is 11.3. The fourth-order valence-corrected chi connectivity index (χ4v) is 5.90. The van der Waals surface area contributed by atoms with Crippen LogP contribution in [0.3, 0.4) is 0 Å². The van der Waals surface area contributed by atoms with Gasteiger partial charge in [0.2, 0.25) is 23.1 Å². The van der Waals surface area contributed by atoms with E-state index >= 15 is 4.39 Å². The molecule has 50 heavy (non-hydrogen) atoms. The van der Waals surface area contributed by atoms with Crippen LogP contribution in [-0.2, 0) is 20.7 Å².